The van der Waals surface area contributed by atoms with Gasteiger partial charge in [-0.25, -0.2) is 0 Å². The summed E-state index contributed by atoms with van der Waals surface area (Å²) in [5.74, 6) is 0. The van der Waals surface area contributed by atoms with Gasteiger partial charge in [0.1, 0.15) is 0 Å². The van der Waals surface area contributed by atoms with Crippen LogP contribution in [0.5, 0.6) is 0 Å². The smallest absolute Gasteiger partial charge is 0.262 e. The number of nitrogens with zero attached hydrogens (tertiary/aromatic N) is 1. The van der Waals surface area contributed by atoms with Crippen LogP contribution in [0.15, 0.2) is 59.5 Å². The Morgan fingerprint density at radius 1 is 1.00 bits per heavy atom. The van der Waals surface area contributed by atoms with Crippen LogP contribution in [0.25, 0.3) is 0 Å². The summed E-state index contributed by atoms with van der Waals surface area (Å²) in [7, 11) is -3.79. The highest BCUT2D eigenvalue weighted by Gasteiger charge is 2.14. The highest BCUT2D eigenvalue weighted by molar-refractivity contribution is 7.86. The van der Waals surface area contributed by atoms with Gasteiger partial charge in [-0.2, -0.15) is 13.7 Å². The first-order chi connectivity index (χ1) is 9.12. The second kappa shape index (κ2) is 5.65. The number of hydrogen-bond acceptors (Lipinski definition) is 4. The molecule has 0 radical (unpaired) electrons. The second-order valence-corrected chi connectivity index (χ2v) is 5.45. The quantitative estimate of drug-likeness (QED) is 0.802. The zero-order valence-electron chi connectivity index (χ0n) is 9.98. The molecular formula is C14H11NO3S. The number of nitriles is 1. The van der Waals surface area contributed by atoms with Crippen molar-refractivity contribution in [1.29, 1.82) is 5.26 Å². The molecule has 0 atom stereocenters. The van der Waals surface area contributed by atoms with Crippen LogP contribution in [0.3, 0.4) is 0 Å². The zero-order chi connectivity index (χ0) is 13.7. The molecule has 0 unspecified atom stereocenters. The lowest BCUT2D eigenvalue weighted by molar-refractivity contribution is 0.308. The summed E-state index contributed by atoms with van der Waals surface area (Å²) in [5.41, 5.74) is 1.18. The topological polar surface area (TPSA) is 67.2 Å². The van der Waals surface area contributed by atoms with Gasteiger partial charge in [-0.1, -0.05) is 30.3 Å². The van der Waals surface area contributed by atoms with Crippen molar-refractivity contribution < 1.29 is 12.6 Å². The van der Waals surface area contributed by atoms with Crippen molar-refractivity contribution in [2.45, 2.75) is 11.5 Å². The molecule has 0 aliphatic carbocycles. The lowest BCUT2D eigenvalue weighted by atomic mass is 10.2. The van der Waals surface area contributed by atoms with Gasteiger partial charge in [-0.3, -0.25) is 4.18 Å². The van der Waals surface area contributed by atoms with Gasteiger partial charge in [-0.15, -0.1) is 0 Å². The van der Waals surface area contributed by atoms with Crippen LogP contribution in [0.4, 0.5) is 0 Å². The van der Waals surface area contributed by atoms with E-state index in [9.17, 15) is 8.42 Å². The molecule has 0 aliphatic heterocycles. The number of rotatable bonds is 4. The molecule has 2 aromatic carbocycles. The Labute approximate surface area is 112 Å². The first kappa shape index (κ1) is 13.3. The van der Waals surface area contributed by atoms with Crippen molar-refractivity contribution in [1.82, 2.24) is 0 Å². The van der Waals surface area contributed by atoms with Gasteiger partial charge in [0.05, 0.1) is 23.1 Å². The summed E-state index contributed by atoms with van der Waals surface area (Å²) >= 11 is 0. The van der Waals surface area contributed by atoms with Crippen LogP contribution < -0.4 is 0 Å². The van der Waals surface area contributed by atoms with E-state index >= 15 is 0 Å². The minimum atomic E-state index is -3.79. The van der Waals surface area contributed by atoms with Gasteiger partial charge in [-0.05, 0) is 29.8 Å². The molecule has 19 heavy (non-hydrogen) atoms. The summed E-state index contributed by atoms with van der Waals surface area (Å²) in [5, 5.41) is 8.65. The van der Waals surface area contributed by atoms with Gasteiger partial charge in [0, 0.05) is 0 Å². The fourth-order valence-corrected chi connectivity index (χ4v) is 2.38. The first-order valence-corrected chi connectivity index (χ1v) is 6.96. The largest absolute Gasteiger partial charge is 0.297 e. The second-order valence-electron chi connectivity index (χ2n) is 3.84. The molecule has 0 fully saturated rings. The van der Waals surface area contributed by atoms with Crippen LogP contribution in [-0.4, -0.2) is 8.42 Å². The molecule has 2 aromatic rings. The molecule has 0 spiro atoms. The Morgan fingerprint density at radius 2 is 1.63 bits per heavy atom. The molecule has 5 heteroatoms. The molecule has 0 aliphatic rings. The van der Waals surface area contributed by atoms with E-state index in [1.165, 1.54) is 24.3 Å². The third-order valence-electron chi connectivity index (χ3n) is 2.50. The van der Waals surface area contributed by atoms with E-state index in [0.717, 1.165) is 5.56 Å². The van der Waals surface area contributed by atoms with Gasteiger partial charge >= 0.3 is 0 Å². The van der Waals surface area contributed by atoms with Crippen LogP contribution >= 0.6 is 0 Å². The fraction of sp³-hybridized carbons (Fsp3) is 0.0714. The minimum Gasteiger partial charge on any atom is -0.262 e. The Bertz CT molecular complexity index is 686. The van der Waals surface area contributed by atoms with Crippen molar-refractivity contribution in [3.63, 3.8) is 0 Å². The van der Waals surface area contributed by atoms with E-state index in [4.69, 9.17) is 9.44 Å². The van der Waals surface area contributed by atoms with E-state index in [1.54, 1.807) is 12.1 Å². The monoisotopic (exact) mass is 273 g/mol. The number of benzene rings is 2. The van der Waals surface area contributed by atoms with E-state index in [0.29, 0.717) is 5.56 Å². The molecule has 4 nitrogen and oxygen atoms in total. The van der Waals surface area contributed by atoms with E-state index in [2.05, 4.69) is 0 Å². The van der Waals surface area contributed by atoms with Crippen molar-refractivity contribution in [2.24, 2.45) is 0 Å². The Morgan fingerprint density at radius 3 is 2.21 bits per heavy atom. The minimum absolute atomic E-state index is 0.0107. The SMILES string of the molecule is N#Cc1ccc(S(=O)(=O)OCc2ccccc2)cc1. The first-order valence-electron chi connectivity index (χ1n) is 5.55. The highest BCUT2D eigenvalue weighted by atomic mass is 32.2. The molecule has 0 amide bonds. The molecule has 0 heterocycles. The zero-order valence-corrected chi connectivity index (χ0v) is 10.8. The molecular weight excluding hydrogens is 262 g/mol. The van der Waals surface area contributed by atoms with E-state index in [1.807, 2.05) is 24.3 Å². The summed E-state index contributed by atoms with van der Waals surface area (Å²) in [4.78, 5) is 0.0439. The average Bonchev–Trinajstić information content (AvgIpc) is 2.46. The molecule has 0 N–H and O–H groups in total. The van der Waals surface area contributed by atoms with E-state index in [-0.39, 0.29) is 11.5 Å². The lowest BCUT2D eigenvalue weighted by Gasteiger charge is -2.05. The van der Waals surface area contributed by atoms with Crippen molar-refractivity contribution in [2.75, 3.05) is 0 Å². The maximum absolute atomic E-state index is 11.9. The predicted molar refractivity (Wildman–Crippen MR) is 69.6 cm³/mol. The van der Waals surface area contributed by atoms with Crippen LogP contribution in [0.1, 0.15) is 11.1 Å². The standard InChI is InChI=1S/C14H11NO3S/c15-10-12-6-8-14(9-7-12)19(16,17)18-11-13-4-2-1-3-5-13/h1-9H,11H2. The van der Waals surface area contributed by atoms with E-state index < -0.39 is 10.1 Å². The molecule has 2 rings (SSSR count). The lowest BCUT2D eigenvalue weighted by Crippen LogP contribution is -2.06. The summed E-state index contributed by atoms with van der Waals surface area (Å²) in [6, 6.07) is 16.6. The molecule has 0 saturated heterocycles. The van der Waals surface area contributed by atoms with Crippen molar-refractivity contribution in [3.05, 3.63) is 65.7 Å². The average molecular weight is 273 g/mol. The molecule has 0 aromatic heterocycles. The normalized spacial score (nSPS) is 10.9. The third-order valence-corrected chi connectivity index (χ3v) is 3.77. The summed E-state index contributed by atoms with van der Waals surface area (Å²) in [6.45, 7) is -0.0107. The predicted octanol–water partition coefficient (Wildman–Crippen LogP) is 2.46. The Balaban J connectivity index is 2.12. The molecule has 96 valence electrons. The summed E-state index contributed by atoms with van der Waals surface area (Å²) < 4.78 is 28.8. The van der Waals surface area contributed by atoms with Gasteiger partial charge in [0.15, 0.2) is 0 Å². The van der Waals surface area contributed by atoms with Crippen LogP contribution in [-0.2, 0) is 20.9 Å². The Kier molecular flexibility index (Phi) is 3.95. The fourth-order valence-electron chi connectivity index (χ4n) is 1.48. The van der Waals surface area contributed by atoms with Crippen molar-refractivity contribution >= 4 is 10.1 Å². The number of hydrogen-bond donors (Lipinski definition) is 0. The van der Waals surface area contributed by atoms with Crippen LogP contribution in [0.2, 0.25) is 0 Å². The van der Waals surface area contributed by atoms with Crippen LogP contribution in [0, 0.1) is 11.3 Å². The maximum atomic E-state index is 11.9. The van der Waals surface area contributed by atoms with Gasteiger partial charge < -0.3 is 0 Å². The third kappa shape index (κ3) is 3.41. The Hall–Kier alpha value is -2.16. The summed E-state index contributed by atoms with van der Waals surface area (Å²) in [6.07, 6.45) is 0. The van der Waals surface area contributed by atoms with Gasteiger partial charge in [0.2, 0.25) is 0 Å². The van der Waals surface area contributed by atoms with Gasteiger partial charge in [0.25, 0.3) is 10.1 Å². The maximum Gasteiger partial charge on any atom is 0.297 e. The highest BCUT2D eigenvalue weighted by Crippen LogP contribution is 2.15. The molecule has 0 saturated carbocycles. The van der Waals surface area contributed by atoms with Crippen molar-refractivity contribution in [3.8, 4) is 6.07 Å². The molecule has 0 bridgehead atoms.